The van der Waals surface area contributed by atoms with Crippen LogP contribution in [-0.4, -0.2) is 47.6 Å². The highest BCUT2D eigenvalue weighted by atomic mass is 35.5. The van der Waals surface area contributed by atoms with E-state index in [1.54, 1.807) is 6.07 Å². The number of halogens is 1. The largest absolute Gasteiger partial charge is 0.506 e. The molecule has 22 heavy (non-hydrogen) atoms. The second kappa shape index (κ2) is 8.76. The lowest BCUT2D eigenvalue weighted by atomic mass is 10.1. The van der Waals surface area contributed by atoms with Crippen LogP contribution in [-0.2, 0) is 6.54 Å². The van der Waals surface area contributed by atoms with Gasteiger partial charge >= 0.3 is 0 Å². The van der Waals surface area contributed by atoms with Gasteiger partial charge in [-0.25, -0.2) is 0 Å². The maximum atomic E-state index is 9.55. The maximum Gasteiger partial charge on any atom is 0.134 e. The SMILES string of the molecule is CC(C)CCN(CCN1CCCC1)Cc1ccc(O)c(Cl)c1. The Kier molecular flexibility index (Phi) is 7.00. The molecule has 1 fully saturated rings. The monoisotopic (exact) mass is 324 g/mol. The molecule has 1 aliphatic rings. The third kappa shape index (κ3) is 5.79. The summed E-state index contributed by atoms with van der Waals surface area (Å²) in [6.45, 7) is 11.3. The zero-order valence-electron chi connectivity index (χ0n) is 13.9. The highest BCUT2D eigenvalue weighted by Gasteiger charge is 2.14. The molecule has 0 aliphatic carbocycles. The van der Waals surface area contributed by atoms with Crippen LogP contribution in [0, 0.1) is 5.92 Å². The lowest BCUT2D eigenvalue weighted by molar-refractivity contribution is 0.209. The molecule has 1 saturated heterocycles. The highest BCUT2D eigenvalue weighted by Crippen LogP contribution is 2.24. The van der Waals surface area contributed by atoms with E-state index in [9.17, 15) is 5.11 Å². The molecule has 0 radical (unpaired) electrons. The van der Waals surface area contributed by atoms with E-state index in [1.807, 2.05) is 12.1 Å². The number of phenols is 1. The Morgan fingerprint density at radius 1 is 1.23 bits per heavy atom. The van der Waals surface area contributed by atoms with Crippen LogP contribution in [0.3, 0.4) is 0 Å². The summed E-state index contributed by atoms with van der Waals surface area (Å²) in [7, 11) is 0. The molecule has 1 aromatic rings. The molecule has 2 rings (SSSR count). The second-order valence-electron chi connectivity index (χ2n) is 6.79. The Hall–Kier alpha value is -0.770. The van der Waals surface area contributed by atoms with E-state index in [0.717, 1.165) is 32.1 Å². The number of aromatic hydroxyl groups is 1. The minimum absolute atomic E-state index is 0.163. The predicted molar refractivity (Wildman–Crippen MR) is 93.5 cm³/mol. The lowest BCUT2D eigenvalue weighted by Gasteiger charge is -2.26. The van der Waals surface area contributed by atoms with Crippen molar-refractivity contribution < 1.29 is 5.11 Å². The summed E-state index contributed by atoms with van der Waals surface area (Å²) in [4.78, 5) is 5.08. The van der Waals surface area contributed by atoms with Crippen LogP contribution in [0.2, 0.25) is 5.02 Å². The van der Waals surface area contributed by atoms with Gasteiger partial charge in [-0.15, -0.1) is 0 Å². The van der Waals surface area contributed by atoms with Crippen molar-refractivity contribution in [2.24, 2.45) is 5.92 Å². The second-order valence-corrected chi connectivity index (χ2v) is 7.20. The van der Waals surface area contributed by atoms with Gasteiger partial charge in [0.1, 0.15) is 5.75 Å². The first-order valence-electron chi connectivity index (χ1n) is 8.46. The van der Waals surface area contributed by atoms with Gasteiger partial charge in [-0.3, -0.25) is 4.90 Å². The van der Waals surface area contributed by atoms with E-state index in [1.165, 1.54) is 37.9 Å². The van der Waals surface area contributed by atoms with Gasteiger partial charge in [0.25, 0.3) is 0 Å². The van der Waals surface area contributed by atoms with Gasteiger partial charge in [0.2, 0.25) is 0 Å². The first-order valence-corrected chi connectivity index (χ1v) is 8.84. The van der Waals surface area contributed by atoms with Crippen LogP contribution in [0.15, 0.2) is 18.2 Å². The molecule has 1 aliphatic heterocycles. The Labute approximate surface area is 139 Å². The van der Waals surface area contributed by atoms with Gasteiger partial charge in [-0.05, 0) is 62.5 Å². The Morgan fingerprint density at radius 3 is 2.59 bits per heavy atom. The summed E-state index contributed by atoms with van der Waals surface area (Å²) in [6.07, 6.45) is 3.91. The molecule has 0 spiro atoms. The van der Waals surface area contributed by atoms with Crippen molar-refractivity contribution in [1.29, 1.82) is 0 Å². The molecule has 0 bridgehead atoms. The van der Waals surface area contributed by atoms with E-state index in [2.05, 4.69) is 23.6 Å². The van der Waals surface area contributed by atoms with E-state index in [0.29, 0.717) is 5.02 Å². The molecule has 1 aromatic carbocycles. The van der Waals surface area contributed by atoms with Crippen molar-refractivity contribution in [2.75, 3.05) is 32.7 Å². The van der Waals surface area contributed by atoms with Crippen LogP contribution in [0.1, 0.15) is 38.7 Å². The third-order valence-corrected chi connectivity index (χ3v) is 4.67. The van der Waals surface area contributed by atoms with Crippen molar-refractivity contribution in [3.8, 4) is 5.75 Å². The number of phenolic OH excluding ortho intramolecular Hbond substituents is 1. The van der Waals surface area contributed by atoms with Crippen molar-refractivity contribution in [2.45, 2.75) is 39.7 Å². The Morgan fingerprint density at radius 2 is 1.95 bits per heavy atom. The van der Waals surface area contributed by atoms with Crippen molar-refractivity contribution >= 4 is 11.6 Å². The number of nitrogens with zero attached hydrogens (tertiary/aromatic N) is 2. The fourth-order valence-corrected chi connectivity index (χ4v) is 3.11. The van der Waals surface area contributed by atoms with Gasteiger partial charge in [0.05, 0.1) is 5.02 Å². The quantitative estimate of drug-likeness (QED) is 0.783. The molecule has 0 atom stereocenters. The standard InChI is InChI=1S/C18H29ClN2O/c1-15(2)7-10-21(12-11-20-8-3-4-9-20)14-16-5-6-18(22)17(19)13-16/h5-6,13,15,22H,3-4,7-12,14H2,1-2H3. The summed E-state index contributed by atoms with van der Waals surface area (Å²) in [5.74, 6) is 0.883. The minimum atomic E-state index is 0.163. The predicted octanol–water partition coefficient (Wildman–Crippen LogP) is 3.99. The number of benzene rings is 1. The molecule has 0 aromatic heterocycles. The fourth-order valence-electron chi connectivity index (χ4n) is 2.91. The van der Waals surface area contributed by atoms with E-state index in [4.69, 9.17) is 11.6 Å². The van der Waals surface area contributed by atoms with E-state index >= 15 is 0 Å². The normalized spacial score (nSPS) is 16.0. The van der Waals surface area contributed by atoms with Crippen LogP contribution < -0.4 is 0 Å². The molecule has 0 saturated carbocycles. The van der Waals surface area contributed by atoms with Crippen LogP contribution in [0.5, 0.6) is 5.75 Å². The zero-order valence-corrected chi connectivity index (χ0v) is 14.6. The van der Waals surface area contributed by atoms with E-state index < -0.39 is 0 Å². The van der Waals surface area contributed by atoms with Gasteiger partial charge in [0, 0.05) is 19.6 Å². The lowest BCUT2D eigenvalue weighted by Crippen LogP contribution is -2.34. The van der Waals surface area contributed by atoms with Crippen LogP contribution >= 0.6 is 11.6 Å². The molecule has 1 N–H and O–H groups in total. The number of hydrogen-bond acceptors (Lipinski definition) is 3. The molecular formula is C18H29ClN2O. The first-order chi connectivity index (χ1) is 10.5. The molecule has 124 valence electrons. The Bertz CT molecular complexity index is 458. The number of likely N-dealkylation sites (tertiary alicyclic amines) is 1. The van der Waals surface area contributed by atoms with Crippen LogP contribution in [0.25, 0.3) is 0 Å². The summed E-state index contributed by atoms with van der Waals surface area (Å²) in [5.41, 5.74) is 1.17. The van der Waals surface area contributed by atoms with Gasteiger partial charge < -0.3 is 10.0 Å². The van der Waals surface area contributed by atoms with Gasteiger partial charge in [-0.1, -0.05) is 31.5 Å². The summed E-state index contributed by atoms with van der Waals surface area (Å²) >= 11 is 6.03. The topological polar surface area (TPSA) is 26.7 Å². The average molecular weight is 325 g/mol. The van der Waals surface area contributed by atoms with Crippen LogP contribution in [0.4, 0.5) is 0 Å². The minimum Gasteiger partial charge on any atom is -0.506 e. The molecule has 3 nitrogen and oxygen atoms in total. The molecular weight excluding hydrogens is 296 g/mol. The molecule has 0 unspecified atom stereocenters. The van der Waals surface area contributed by atoms with Crippen molar-refractivity contribution in [1.82, 2.24) is 9.80 Å². The maximum absolute atomic E-state index is 9.55. The smallest absolute Gasteiger partial charge is 0.134 e. The number of hydrogen-bond donors (Lipinski definition) is 1. The average Bonchev–Trinajstić information content (AvgIpc) is 2.99. The van der Waals surface area contributed by atoms with Crippen molar-refractivity contribution in [3.05, 3.63) is 28.8 Å². The number of rotatable bonds is 8. The van der Waals surface area contributed by atoms with Gasteiger partial charge in [-0.2, -0.15) is 0 Å². The first kappa shape index (κ1) is 17.6. The molecule has 4 heteroatoms. The third-order valence-electron chi connectivity index (χ3n) is 4.37. The summed E-state index contributed by atoms with van der Waals surface area (Å²) in [5, 5.41) is 9.99. The molecule has 0 amide bonds. The van der Waals surface area contributed by atoms with E-state index in [-0.39, 0.29) is 5.75 Å². The fraction of sp³-hybridized carbons (Fsp3) is 0.667. The zero-order chi connectivity index (χ0) is 15.9. The van der Waals surface area contributed by atoms with Gasteiger partial charge in [0.15, 0.2) is 0 Å². The summed E-state index contributed by atoms with van der Waals surface area (Å²) in [6, 6.07) is 5.55. The Balaban J connectivity index is 1.91. The van der Waals surface area contributed by atoms with Crippen molar-refractivity contribution in [3.63, 3.8) is 0 Å². The summed E-state index contributed by atoms with van der Waals surface area (Å²) < 4.78 is 0. The highest BCUT2D eigenvalue weighted by molar-refractivity contribution is 6.32. The molecule has 1 heterocycles.